The Balaban J connectivity index is 2.36. The molecule has 1 heterocycles. The molecule has 0 aliphatic rings. The molecule has 96 valence electrons. The summed E-state index contributed by atoms with van der Waals surface area (Å²) in [7, 11) is -3.71. The van der Waals surface area contributed by atoms with Crippen molar-refractivity contribution >= 4 is 38.6 Å². The van der Waals surface area contributed by atoms with Gasteiger partial charge in [0.05, 0.1) is 10.0 Å². The summed E-state index contributed by atoms with van der Waals surface area (Å²) in [5.74, 6) is -0.498. The third kappa shape index (κ3) is 2.82. The van der Waals surface area contributed by atoms with Crippen molar-refractivity contribution in [3.8, 4) is 0 Å². The quantitative estimate of drug-likeness (QED) is 0.941. The fourth-order valence-corrected chi connectivity index (χ4v) is 3.95. The van der Waals surface area contributed by atoms with Gasteiger partial charge in [0.1, 0.15) is 10.0 Å². The molecule has 0 aliphatic heterocycles. The summed E-state index contributed by atoms with van der Waals surface area (Å²) in [5.41, 5.74) is 0.863. The van der Waals surface area contributed by atoms with Gasteiger partial charge in [-0.25, -0.2) is 12.8 Å². The van der Waals surface area contributed by atoms with Crippen LogP contribution in [0.25, 0.3) is 0 Å². The number of aryl methyl sites for hydroxylation is 1. The zero-order valence-corrected chi connectivity index (χ0v) is 11.7. The van der Waals surface area contributed by atoms with Gasteiger partial charge >= 0.3 is 0 Å². The number of sulfonamides is 1. The van der Waals surface area contributed by atoms with E-state index in [1.165, 1.54) is 24.3 Å². The number of anilines is 1. The van der Waals surface area contributed by atoms with Gasteiger partial charge in [-0.05, 0) is 36.8 Å². The zero-order chi connectivity index (χ0) is 13.3. The molecule has 0 bridgehead atoms. The summed E-state index contributed by atoms with van der Waals surface area (Å²) < 4.78 is 39.9. The second-order valence-corrected chi connectivity index (χ2v) is 7.25. The van der Waals surface area contributed by atoms with Crippen molar-refractivity contribution < 1.29 is 12.8 Å². The van der Waals surface area contributed by atoms with E-state index in [4.69, 9.17) is 11.6 Å². The lowest BCUT2D eigenvalue weighted by molar-refractivity contribution is 0.603. The summed E-state index contributed by atoms with van der Waals surface area (Å²) in [4.78, 5) is 0. The SMILES string of the molecule is Cc1ccc(F)cc1NS(=O)(=O)c1ccc(Cl)s1. The van der Waals surface area contributed by atoms with Crippen LogP contribution < -0.4 is 4.72 Å². The predicted molar refractivity (Wildman–Crippen MR) is 71.3 cm³/mol. The monoisotopic (exact) mass is 305 g/mol. The fourth-order valence-electron chi connectivity index (χ4n) is 1.34. The van der Waals surface area contributed by atoms with Crippen LogP contribution in [0.4, 0.5) is 10.1 Å². The van der Waals surface area contributed by atoms with E-state index >= 15 is 0 Å². The highest BCUT2D eigenvalue weighted by atomic mass is 35.5. The van der Waals surface area contributed by atoms with Gasteiger partial charge in [-0.15, -0.1) is 11.3 Å². The third-order valence-corrected chi connectivity index (χ3v) is 5.35. The number of hydrogen-bond acceptors (Lipinski definition) is 3. The molecule has 2 rings (SSSR count). The lowest BCUT2D eigenvalue weighted by Gasteiger charge is -2.09. The number of benzene rings is 1. The maximum atomic E-state index is 13.1. The third-order valence-electron chi connectivity index (χ3n) is 2.26. The van der Waals surface area contributed by atoms with Crippen molar-refractivity contribution in [1.29, 1.82) is 0 Å². The van der Waals surface area contributed by atoms with E-state index in [9.17, 15) is 12.8 Å². The summed E-state index contributed by atoms with van der Waals surface area (Å²) in [5, 5.41) is 0. The minimum Gasteiger partial charge on any atom is -0.279 e. The molecule has 0 spiro atoms. The fraction of sp³-hybridized carbons (Fsp3) is 0.0909. The smallest absolute Gasteiger partial charge is 0.271 e. The van der Waals surface area contributed by atoms with Crippen molar-refractivity contribution in [2.45, 2.75) is 11.1 Å². The van der Waals surface area contributed by atoms with E-state index in [1.807, 2.05) is 0 Å². The minimum atomic E-state index is -3.71. The van der Waals surface area contributed by atoms with E-state index in [-0.39, 0.29) is 9.90 Å². The molecule has 0 saturated carbocycles. The Morgan fingerprint density at radius 3 is 2.61 bits per heavy atom. The molecule has 18 heavy (non-hydrogen) atoms. The van der Waals surface area contributed by atoms with Gasteiger partial charge in [0.25, 0.3) is 10.0 Å². The molecule has 0 unspecified atom stereocenters. The lowest BCUT2D eigenvalue weighted by Crippen LogP contribution is -2.12. The van der Waals surface area contributed by atoms with Gasteiger partial charge in [-0.3, -0.25) is 4.72 Å². The Bertz CT molecular complexity index is 682. The topological polar surface area (TPSA) is 46.2 Å². The molecule has 0 fully saturated rings. The predicted octanol–water partition coefficient (Wildman–Crippen LogP) is 3.65. The van der Waals surface area contributed by atoms with Crippen LogP contribution in [0, 0.1) is 12.7 Å². The van der Waals surface area contributed by atoms with Crippen molar-refractivity contribution in [3.63, 3.8) is 0 Å². The molecular formula is C11H9ClFNO2S2. The Hall–Kier alpha value is -1.11. The lowest BCUT2D eigenvalue weighted by atomic mass is 10.2. The maximum Gasteiger partial charge on any atom is 0.271 e. The number of nitrogens with one attached hydrogen (secondary N) is 1. The van der Waals surface area contributed by atoms with Crippen LogP contribution in [-0.4, -0.2) is 8.42 Å². The van der Waals surface area contributed by atoms with Gasteiger partial charge in [-0.2, -0.15) is 0 Å². The molecule has 1 N–H and O–H groups in total. The summed E-state index contributed by atoms with van der Waals surface area (Å²) >= 11 is 6.64. The van der Waals surface area contributed by atoms with E-state index in [0.29, 0.717) is 9.90 Å². The van der Waals surface area contributed by atoms with Gasteiger partial charge in [0, 0.05) is 0 Å². The molecule has 0 radical (unpaired) electrons. The van der Waals surface area contributed by atoms with Gasteiger partial charge in [0.2, 0.25) is 0 Å². The van der Waals surface area contributed by atoms with Crippen LogP contribution in [0.1, 0.15) is 5.56 Å². The molecule has 0 amide bonds. The van der Waals surface area contributed by atoms with Crippen LogP contribution in [0.3, 0.4) is 0 Å². The van der Waals surface area contributed by atoms with Crippen molar-refractivity contribution in [2.75, 3.05) is 4.72 Å². The maximum absolute atomic E-state index is 13.1. The Morgan fingerprint density at radius 2 is 2.00 bits per heavy atom. The summed E-state index contributed by atoms with van der Waals surface area (Å²) in [6.07, 6.45) is 0. The van der Waals surface area contributed by atoms with Crippen LogP contribution >= 0.6 is 22.9 Å². The molecule has 3 nitrogen and oxygen atoms in total. The molecule has 1 aromatic carbocycles. The van der Waals surface area contributed by atoms with Crippen molar-refractivity contribution in [1.82, 2.24) is 0 Å². The highest BCUT2D eigenvalue weighted by Crippen LogP contribution is 2.28. The van der Waals surface area contributed by atoms with Crippen LogP contribution in [0.15, 0.2) is 34.5 Å². The molecule has 1 aromatic heterocycles. The number of rotatable bonds is 3. The standard InChI is InChI=1S/C11H9ClFNO2S2/c1-7-2-3-8(13)6-9(7)14-18(15,16)11-5-4-10(12)17-11/h2-6,14H,1H3. The molecule has 2 aromatic rings. The normalized spacial score (nSPS) is 11.5. The Kier molecular flexibility index (Phi) is 3.61. The largest absolute Gasteiger partial charge is 0.279 e. The molecule has 0 atom stereocenters. The number of hydrogen-bond donors (Lipinski definition) is 1. The van der Waals surface area contributed by atoms with Crippen LogP contribution in [0.2, 0.25) is 4.34 Å². The van der Waals surface area contributed by atoms with Crippen LogP contribution in [0.5, 0.6) is 0 Å². The molecule has 0 saturated heterocycles. The Morgan fingerprint density at radius 1 is 1.28 bits per heavy atom. The first-order valence-electron chi connectivity index (χ1n) is 4.93. The summed E-state index contributed by atoms with van der Waals surface area (Å²) in [6, 6.07) is 6.83. The molecule has 7 heteroatoms. The van der Waals surface area contributed by atoms with E-state index in [2.05, 4.69) is 4.72 Å². The highest BCUT2D eigenvalue weighted by Gasteiger charge is 2.17. The second-order valence-electron chi connectivity index (χ2n) is 3.62. The van der Waals surface area contributed by atoms with E-state index in [1.54, 1.807) is 6.92 Å². The number of halogens is 2. The average Bonchev–Trinajstić information content (AvgIpc) is 2.71. The van der Waals surface area contributed by atoms with Gasteiger partial charge in [-0.1, -0.05) is 17.7 Å². The summed E-state index contributed by atoms with van der Waals surface area (Å²) in [6.45, 7) is 1.69. The van der Waals surface area contributed by atoms with Gasteiger partial charge in [0.15, 0.2) is 0 Å². The first-order chi connectivity index (χ1) is 8.38. The van der Waals surface area contributed by atoms with E-state index in [0.717, 1.165) is 17.4 Å². The molecule has 0 aliphatic carbocycles. The molecular weight excluding hydrogens is 297 g/mol. The van der Waals surface area contributed by atoms with Crippen LogP contribution in [-0.2, 0) is 10.0 Å². The minimum absolute atomic E-state index is 0.0937. The first-order valence-corrected chi connectivity index (χ1v) is 7.60. The Labute approximate surface area is 113 Å². The van der Waals surface area contributed by atoms with Crippen molar-refractivity contribution in [2.24, 2.45) is 0 Å². The van der Waals surface area contributed by atoms with Crippen molar-refractivity contribution in [3.05, 3.63) is 46.0 Å². The van der Waals surface area contributed by atoms with E-state index < -0.39 is 15.8 Å². The van der Waals surface area contributed by atoms with Gasteiger partial charge < -0.3 is 0 Å². The second kappa shape index (κ2) is 4.87. The first kappa shape index (κ1) is 13.3. The zero-order valence-electron chi connectivity index (χ0n) is 9.28. The highest BCUT2D eigenvalue weighted by molar-refractivity contribution is 7.94. The number of thiophene rings is 1. The average molecular weight is 306 g/mol.